The van der Waals surface area contributed by atoms with Gasteiger partial charge in [0.1, 0.15) is 22.7 Å². The first-order valence-electron chi connectivity index (χ1n) is 14.5. The van der Waals surface area contributed by atoms with Crippen LogP contribution in [0.1, 0.15) is 44.7 Å². The van der Waals surface area contributed by atoms with E-state index in [9.17, 15) is 19.2 Å². The summed E-state index contributed by atoms with van der Waals surface area (Å²) in [5.74, 6) is 3.74. The van der Waals surface area contributed by atoms with Gasteiger partial charge in [0, 0.05) is 24.9 Å². The summed E-state index contributed by atoms with van der Waals surface area (Å²) in [7, 11) is 1.56. The third-order valence-electron chi connectivity index (χ3n) is 6.78. The largest absolute Gasteiger partial charge is 0.497 e. The van der Waals surface area contributed by atoms with Gasteiger partial charge in [-0.25, -0.2) is 4.79 Å². The van der Waals surface area contributed by atoms with Crippen LogP contribution in [0.2, 0.25) is 0 Å². The molecule has 0 saturated carbocycles. The van der Waals surface area contributed by atoms with Crippen molar-refractivity contribution in [1.82, 2.24) is 10.6 Å². The fourth-order valence-corrected chi connectivity index (χ4v) is 4.73. The Morgan fingerprint density at radius 3 is 2.36 bits per heavy atom. The van der Waals surface area contributed by atoms with Crippen molar-refractivity contribution in [2.45, 2.75) is 63.1 Å². The molecule has 9 nitrogen and oxygen atoms in total. The van der Waals surface area contributed by atoms with Crippen LogP contribution < -0.4 is 15.4 Å². The second-order valence-electron chi connectivity index (χ2n) is 11.0. The number of carbonyl (C=O) groups excluding carboxylic acids is 4. The van der Waals surface area contributed by atoms with Crippen LogP contribution in [0.4, 0.5) is 0 Å². The zero-order chi connectivity index (χ0) is 32.1. The van der Waals surface area contributed by atoms with Crippen LogP contribution in [-0.4, -0.2) is 60.5 Å². The first-order valence-corrected chi connectivity index (χ1v) is 15.5. The Bertz CT molecular complexity index is 1370. The van der Waals surface area contributed by atoms with Gasteiger partial charge in [0.05, 0.1) is 13.0 Å². The third kappa shape index (κ3) is 11.2. The lowest BCUT2D eigenvalue weighted by molar-refractivity contribution is -0.174. The fourth-order valence-electron chi connectivity index (χ4n) is 4.29. The van der Waals surface area contributed by atoms with E-state index < -0.39 is 52.7 Å². The van der Waals surface area contributed by atoms with Crippen molar-refractivity contribution in [2.75, 3.05) is 13.7 Å². The molecule has 10 heteroatoms. The lowest BCUT2D eigenvalue weighted by atomic mass is 10.0. The predicted octanol–water partition coefficient (Wildman–Crippen LogP) is 4.12. The van der Waals surface area contributed by atoms with Gasteiger partial charge < -0.3 is 24.8 Å². The third-order valence-corrected chi connectivity index (χ3v) is 7.60. The van der Waals surface area contributed by atoms with E-state index in [2.05, 4.69) is 38.4 Å². The molecule has 2 aromatic rings. The molecule has 0 saturated heterocycles. The molecule has 44 heavy (non-hydrogen) atoms. The van der Waals surface area contributed by atoms with Crippen molar-refractivity contribution in [3.05, 3.63) is 77.9 Å². The van der Waals surface area contributed by atoms with Crippen molar-refractivity contribution >= 4 is 39.7 Å². The summed E-state index contributed by atoms with van der Waals surface area (Å²) < 4.78 is 16.7. The number of rotatable bonds is 6. The van der Waals surface area contributed by atoms with Crippen molar-refractivity contribution < 1.29 is 33.4 Å². The number of esters is 2. The van der Waals surface area contributed by atoms with Crippen LogP contribution in [0.5, 0.6) is 5.75 Å². The molecule has 0 spiro atoms. The van der Waals surface area contributed by atoms with E-state index in [1.54, 1.807) is 32.2 Å². The zero-order valence-electron chi connectivity index (χ0n) is 25.4. The zero-order valence-corrected chi connectivity index (χ0v) is 27.0. The first-order chi connectivity index (χ1) is 21.0. The number of hydrogen-bond acceptors (Lipinski definition) is 7. The fraction of sp³-hybridized carbons (Fsp3) is 0.412. The van der Waals surface area contributed by atoms with E-state index in [0.29, 0.717) is 5.75 Å². The summed E-state index contributed by atoms with van der Waals surface area (Å²) in [6, 6.07) is 15.6. The van der Waals surface area contributed by atoms with Crippen LogP contribution in [0, 0.1) is 23.7 Å². The summed E-state index contributed by atoms with van der Waals surface area (Å²) in [4.78, 5) is 51.9. The van der Waals surface area contributed by atoms with E-state index in [1.165, 1.54) is 6.08 Å². The summed E-state index contributed by atoms with van der Waals surface area (Å²) in [5.41, 5.74) is 1.59. The molecule has 0 bridgehead atoms. The first kappa shape index (κ1) is 34.4. The number of nitrogens with one attached hydrogen (secondary N) is 2. The molecule has 234 valence electrons. The number of ether oxygens (including phenoxy) is 3. The summed E-state index contributed by atoms with van der Waals surface area (Å²) in [6.45, 7) is 5.36. The number of carbonyl (C=O) groups is 4. The second-order valence-corrected chi connectivity index (χ2v) is 12.0. The molecule has 2 amide bonds. The minimum absolute atomic E-state index is 0.0272. The van der Waals surface area contributed by atoms with Crippen molar-refractivity contribution in [2.24, 2.45) is 11.8 Å². The molecular weight excluding hydrogens is 628 g/mol. The van der Waals surface area contributed by atoms with Gasteiger partial charge in [0.2, 0.25) is 11.8 Å². The Balaban J connectivity index is 1.89. The van der Waals surface area contributed by atoms with E-state index in [1.807, 2.05) is 56.3 Å². The average molecular weight is 668 g/mol. The molecule has 0 aliphatic carbocycles. The molecule has 0 radical (unpaired) electrons. The minimum atomic E-state index is -1.15. The van der Waals surface area contributed by atoms with Gasteiger partial charge in [0.15, 0.2) is 6.10 Å². The van der Waals surface area contributed by atoms with Gasteiger partial charge in [-0.15, -0.1) is 0 Å². The number of alkyl halides is 1. The summed E-state index contributed by atoms with van der Waals surface area (Å²) in [5, 5.41) is 5.48. The number of halogens is 1. The molecule has 3 rings (SSSR count). The van der Waals surface area contributed by atoms with E-state index in [4.69, 9.17) is 14.2 Å². The summed E-state index contributed by atoms with van der Waals surface area (Å²) >= 11 is 3.53. The maximum absolute atomic E-state index is 13.3. The van der Waals surface area contributed by atoms with E-state index in [-0.39, 0.29) is 31.7 Å². The number of methoxy groups -OCH3 is 1. The highest BCUT2D eigenvalue weighted by Crippen LogP contribution is 2.19. The van der Waals surface area contributed by atoms with Crippen molar-refractivity contribution in [3.63, 3.8) is 0 Å². The van der Waals surface area contributed by atoms with Gasteiger partial charge in [-0.1, -0.05) is 84.9 Å². The van der Waals surface area contributed by atoms with Gasteiger partial charge >= 0.3 is 11.9 Å². The van der Waals surface area contributed by atoms with Crippen LogP contribution >= 0.6 is 15.9 Å². The van der Waals surface area contributed by atoms with Gasteiger partial charge in [0.25, 0.3) is 0 Å². The molecule has 5 atom stereocenters. The van der Waals surface area contributed by atoms with E-state index >= 15 is 0 Å². The van der Waals surface area contributed by atoms with Gasteiger partial charge in [-0.05, 0) is 48.2 Å². The SMILES string of the molecule is COc1ccc(C[C@H]2NC(=O)/C=C/C[C@@H](C(Br)C#Cc3ccccc3)OC(=O)[C@H](CC(C)C)OC(=O)[C@@H](C)CNC2=O)cc1. The predicted molar refractivity (Wildman–Crippen MR) is 170 cm³/mol. The maximum atomic E-state index is 13.3. The Kier molecular flexibility index (Phi) is 13.5. The average Bonchev–Trinajstić information content (AvgIpc) is 3.01. The summed E-state index contributed by atoms with van der Waals surface area (Å²) in [6.07, 6.45) is 1.51. The van der Waals surface area contributed by atoms with Crippen molar-refractivity contribution in [3.8, 4) is 17.6 Å². The van der Waals surface area contributed by atoms with Crippen LogP contribution in [0.25, 0.3) is 0 Å². The second kappa shape index (κ2) is 17.3. The molecule has 1 heterocycles. The van der Waals surface area contributed by atoms with Crippen LogP contribution in [0.3, 0.4) is 0 Å². The molecule has 1 aliphatic rings. The Morgan fingerprint density at radius 1 is 1.00 bits per heavy atom. The highest BCUT2D eigenvalue weighted by Gasteiger charge is 2.32. The van der Waals surface area contributed by atoms with Crippen LogP contribution in [0.15, 0.2) is 66.7 Å². The topological polar surface area (TPSA) is 120 Å². The highest BCUT2D eigenvalue weighted by atomic mass is 79.9. The number of benzene rings is 2. The normalized spacial score (nSPS) is 23.2. The molecule has 2 aromatic carbocycles. The number of hydrogen-bond donors (Lipinski definition) is 2. The molecule has 1 aliphatic heterocycles. The molecule has 2 N–H and O–H groups in total. The number of amides is 2. The molecule has 0 aromatic heterocycles. The lowest BCUT2D eigenvalue weighted by Crippen LogP contribution is -2.49. The molecule has 0 fully saturated rings. The van der Waals surface area contributed by atoms with Crippen LogP contribution in [-0.2, 0) is 35.1 Å². The molecular formula is C34H39BrN2O7. The minimum Gasteiger partial charge on any atom is -0.497 e. The monoisotopic (exact) mass is 666 g/mol. The smallest absolute Gasteiger partial charge is 0.347 e. The van der Waals surface area contributed by atoms with E-state index in [0.717, 1.165) is 11.1 Å². The lowest BCUT2D eigenvalue weighted by Gasteiger charge is -2.25. The number of cyclic esters (lactones) is 2. The van der Waals surface area contributed by atoms with Gasteiger partial charge in [-0.2, -0.15) is 0 Å². The Hall–Kier alpha value is -4.10. The Labute approximate surface area is 267 Å². The highest BCUT2D eigenvalue weighted by molar-refractivity contribution is 9.09. The quantitative estimate of drug-likeness (QED) is 0.270. The standard InChI is InChI=1S/C34H39BrN2O7/c1-22(2)19-30-34(41)43-29(27(35)18-15-24-9-6-5-7-10-24)11-8-12-31(38)37-28(20-25-13-16-26(42-4)17-14-25)32(39)36-21-23(3)33(40)44-30/h5-10,12-14,16-17,22-23,27-30H,11,19-21H2,1-4H3,(H,36,39)(H,37,38)/b12-8+/t23-,27?,28+,29-,30-/m0/s1. The Morgan fingerprint density at radius 2 is 1.70 bits per heavy atom. The molecule has 1 unspecified atom stereocenters. The van der Waals surface area contributed by atoms with Gasteiger partial charge in [-0.3, -0.25) is 14.4 Å². The van der Waals surface area contributed by atoms with Crippen molar-refractivity contribution in [1.29, 1.82) is 0 Å². The maximum Gasteiger partial charge on any atom is 0.347 e.